The zero-order valence-electron chi connectivity index (χ0n) is 7.99. The molecule has 0 saturated carbocycles. The molecule has 1 aromatic rings. The summed E-state index contributed by atoms with van der Waals surface area (Å²) in [5.74, 6) is -0.510. The van der Waals surface area contributed by atoms with Crippen molar-refractivity contribution >= 4 is 45.2 Å². The summed E-state index contributed by atoms with van der Waals surface area (Å²) < 4.78 is 14.9. The van der Waals surface area contributed by atoms with E-state index < -0.39 is 17.0 Å². The molecule has 0 bridgehead atoms. The molecule has 0 saturated heterocycles. The SMILES string of the molecule is CCS(=O)Nc1cc(C(=O)O)ccc1I. The number of rotatable bonds is 4. The van der Waals surface area contributed by atoms with E-state index in [-0.39, 0.29) is 5.56 Å². The molecule has 1 unspecified atom stereocenters. The normalized spacial score (nSPS) is 12.1. The summed E-state index contributed by atoms with van der Waals surface area (Å²) in [4.78, 5) is 10.7. The van der Waals surface area contributed by atoms with Gasteiger partial charge in [0.2, 0.25) is 0 Å². The standard InChI is InChI=1S/C9H10INO3S/c1-2-15(14)11-8-5-6(9(12)13)3-4-7(8)10/h3-5,11H,2H2,1H3,(H,12,13). The molecule has 0 fully saturated rings. The number of aromatic carboxylic acids is 1. The van der Waals surface area contributed by atoms with Gasteiger partial charge in [-0.3, -0.25) is 0 Å². The Morgan fingerprint density at radius 2 is 2.27 bits per heavy atom. The predicted molar refractivity (Wildman–Crippen MR) is 68.4 cm³/mol. The number of carboxylic acid groups (broad SMARTS) is 1. The first kappa shape index (κ1) is 12.4. The van der Waals surface area contributed by atoms with Gasteiger partial charge in [-0.15, -0.1) is 0 Å². The number of benzene rings is 1. The van der Waals surface area contributed by atoms with Crippen molar-refractivity contribution in [3.8, 4) is 0 Å². The highest BCUT2D eigenvalue weighted by Gasteiger charge is 2.07. The second-order valence-corrected chi connectivity index (χ2v) is 5.37. The maximum atomic E-state index is 11.3. The van der Waals surface area contributed by atoms with Gasteiger partial charge >= 0.3 is 5.97 Å². The summed E-state index contributed by atoms with van der Waals surface area (Å²) in [6, 6.07) is 4.68. The topological polar surface area (TPSA) is 66.4 Å². The zero-order chi connectivity index (χ0) is 11.4. The number of carboxylic acids is 1. The summed E-state index contributed by atoms with van der Waals surface area (Å²) in [5, 5.41) is 8.79. The first-order chi connectivity index (χ1) is 7.04. The van der Waals surface area contributed by atoms with Gasteiger partial charge in [0.05, 0.1) is 11.3 Å². The van der Waals surface area contributed by atoms with Crippen molar-refractivity contribution in [3.05, 3.63) is 27.3 Å². The van der Waals surface area contributed by atoms with Crippen LogP contribution in [-0.2, 0) is 11.0 Å². The fourth-order valence-electron chi connectivity index (χ4n) is 0.931. The molecule has 6 heteroatoms. The van der Waals surface area contributed by atoms with Gasteiger partial charge in [0.25, 0.3) is 0 Å². The Labute approximate surface area is 104 Å². The van der Waals surface area contributed by atoms with Gasteiger partial charge in [-0.2, -0.15) is 0 Å². The number of carbonyl (C=O) groups is 1. The highest BCUT2D eigenvalue weighted by Crippen LogP contribution is 2.20. The molecule has 82 valence electrons. The van der Waals surface area contributed by atoms with E-state index in [9.17, 15) is 9.00 Å². The molecule has 0 amide bonds. The number of anilines is 1. The summed E-state index contributed by atoms with van der Waals surface area (Å²) in [5.41, 5.74) is 0.779. The fraction of sp³-hybridized carbons (Fsp3) is 0.222. The molecule has 0 radical (unpaired) electrons. The van der Waals surface area contributed by atoms with E-state index in [1.165, 1.54) is 12.1 Å². The Balaban J connectivity index is 3.00. The average molecular weight is 339 g/mol. The van der Waals surface area contributed by atoms with Gasteiger partial charge < -0.3 is 9.83 Å². The van der Waals surface area contributed by atoms with E-state index in [0.717, 1.165) is 3.57 Å². The lowest BCUT2D eigenvalue weighted by atomic mass is 10.2. The molecule has 1 aromatic carbocycles. The van der Waals surface area contributed by atoms with Crippen LogP contribution in [0.1, 0.15) is 17.3 Å². The monoisotopic (exact) mass is 339 g/mol. The van der Waals surface area contributed by atoms with E-state index in [1.54, 1.807) is 13.0 Å². The second kappa shape index (κ2) is 5.45. The Hall–Kier alpha value is -0.630. The van der Waals surface area contributed by atoms with Gasteiger partial charge in [0, 0.05) is 9.32 Å². The fourth-order valence-corrected chi connectivity index (χ4v) is 2.14. The van der Waals surface area contributed by atoms with Crippen LogP contribution in [0.3, 0.4) is 0 Å². The van der Waals surface area contributed by atoms with Crippen LogP contribution in [-0.4, -0.2) is 21.0 Å². The molecule has 15 heavy (non-hydrogen) atoms. The quantitative estimate of drug-likeness (QED) is 0.826. The molecule has 2 N–H and O–H groups in total. The summed E-state index contributed by atoms with van der Waals surface area (Å²) in [6.07, 6.45) is 0. The van der Waals surface area contributed by atoms with Gasteiger partial charge in [-0.05, 0) is 40.8 Å². The predicted octanol–water partition coefficient (Wildman–Crippen LogP) is 2.08. The van der Waals surface area contributed by atoms with E-state index in [1.807, 2.05) is 0 Å². The minimum absolute atomic E-state index is 0.186. The maximum absolute atomic E-state index is 11.3. The average Bonchev–Trinajstić information content (AvgIpc) is 2.20. The van der Waals surface area contributed by atoms with Crippen molar-refractivity contribution in [2.75, 3.05) is 10.5 Å². The van der Waals surface area contributed by atoms with Crippen molar-refractivity contribution in [1.29, 1.82) is 0 Å². The van der Waals surface area contributed by atoms with Crippen molar-refractivity contribution in [3.63, 3.8) is 0 Å². The summed E-state index contributed by atoms with van der Waals surface area (Å²) in [7, 11) is -1.16. The Kier molecular flexibility index (Phi) is 4.52. The molecule has 0 heterocycles. The van der Waals surface area contributed by atoms with Crippen LogP contribution in [0.2, 0.25) is 0 Å². The van der Waals surface area contributed by atoms with E-state index >= 15 is 0 Å². The first-order valence-electron chi connectivity index (χ1n) is 4.22. The molecular formula is C9H10INO3S. The van der Waals surface area contributed by atoms with E-state index in [4.69, 9.17) is 5.11 Å². The molecule has 1 rings (SSSR count). The van der Waals surface area contributed by atoms with Crippen molar-refractivity contribution in [2.24, 2.45) is 0 Å². The van der Waals surface area contributed by atoms with Crippen LogP contribution in [0.25, 0.3) is 0 Å². The molecule has 0 aliphatic rings. The number of halogens is 1. The minimum atomic E-state index is -1.16. The minimum Gasteiger partial charge on any atom is -0.478 e. The van der Waals surface area contributed by atoms with Gasteiger partial charge in [-0.25, -0.2) is 9.00 Å². The van der Waals surface area contributed by atoms with E-state index in [2.05, 4.69) is 27.3 Å². The molecule has 0 aliphatic heterocycles. The van der Waals surface area contributed by atoms with Gasteiger partial charge in [-0.1, -0.05) is 6.92 Å². The molecule has 0 spiro atoms. The van der Waals surface area contributed by atoms with Gasteiger partial charge in [0.15, 0.2) is 0 Å². The number of hydrogen-bond acceptors (Lipinski definition) is 2. The van der Waals surface area contributed by atoms with Gasteiger partial charge in [0.1, 0.15) is 11.0 Å². The van der Waals surface area contributed by atoms with Crippen LogP contribution in [0.5, 0.6) is 0 Å². The molecule has 0 aliphatic carbocycles. The molecule has 1 atom stereocenters. The first-order valence-corrected chi connectivity index (χ1v) is 6.62. The molecule has 0 aromatic heterocycles. The zero-order valence-corrected chi connectivity index (χ0v) is 11.0. The van der Waals surface area contributed by atoms with Crippen molar-refractivity contribution < 1.29 is 14.1 Å². The van der Waals surface area contributed by atoms with Crippen LogP contribution in [0.15, 0.2) is 18.2 Å². The van der Waals surface area contributed by atoms with E-state index in [0.29, 0.717) is 11.4 Å². The third-order valence-electron chi connectivity index (χ3n) is 1.70. The lowest BCUT2D eigenvalue weighted by Gasteiger charge is -2.07. The molecule has 4 nitrogen and oxygen atoms in total. The maximum Gasteiger partial charge on any atom is 0.335 e. The Morgan fingerprint density at radius 3 is 2.80 bits per heavy atom. The largest absolute Gasteiger partial charge is 0.478 e. The smallest absolute Gasteiger partial charge is 0.335 e. The lowest BCUT2D eigenvalue weighted by Crippen LogP contribution is -2.08. The number of nitrogens with one attached hydrogen (secondary N) is 1. The van der Waals surface area contributed by atoms with Crippen molar-refractivity contribution in [1.82, 2.24) is 0 Å². The van der Waals surface area contributed by atoms with Crippen LogP contribution >= 0.6 is 22.6 Å². The summed E-state index contributed by atoms with van der Waals surface area (Å²) >= 11 is 2.06. The third-order valence-corrected chi connectivity index (χ3v) is 3.61. The molecular weight excluding hydrogens is 329 g/mol. The highest BCUT2D eigenvalue weighted by molar-refractivity contribution is 14.1. The number of hydrogen-bond donors (Lipinski definition) is 2. The highest BCUT2D eigenvalue weighted by atomic mass is 127. The lowest BCUT2D eigenvalue weighted by molar-refractivity contribution is 0.0697. The Morgan fingerprint density at radius 1 is 1.60 bits per heavy atom. The third kappa shape index (κ3) is 3.45. The van der Waals surface area contributed by atoms with Crippen LogP contribution < -0.4 is 4.72 Å². The second-order valence-electron chi connectivity index (χ2n) is 2.74. The van der Waals surface area contributed by atoms with Crippen molar-refractivity contribution in [2.45, 2.75) is 6.92 Å². The Bertz CT molecular complexity index is 408. The van der Waals surface area contributed by atoms with Crippen LogP contribution in [0.4, 0.5) is 5.69 Å². The summed E-state index contributed by atoms with van der Waals surface area (Å²) in [6.45, 7) is 1.79. The van der Waals surface area contributed by atoms with Crippen LogP contribution in [0, 0.1) is 3.57 Å².